The molecule has 0 aromatic rings. The highest BCUT2D eigenvalue weighted by atomic mass is 16.5. The van der Waals surface area contributed by atoms with Gasteiger partial charge >= 0.3 is 0 Å². The fourth-order valence-corrected chi connectivity index (χ4v) is 1.11. The topological polar surface area (TPSA) is 35.2 Å². The van der Waals surface area contributed by atoms with Crippen molar-refractivity contribution in [2.45, 2.75) is 20.8 Å². The molecule has 0 aliphatic heterocycles. The van der Waals surface area contributed by atoms with Crippen LogP contribution in [0.3, 0.4) is 0 Å². The molecule has 0 saturated carbocycles. The number of hydrogen-bond acceptors (Lipinski definition) is 2. The monoisotopic (exact) mass is 259 g/mol. The third-order valence-corrected chi connectivity index (χ3v) is 2.30. The minimum absolute atomic E-state index is 0.413. The first-order chi connectivity index (χ1) is 8.97. The largest absolute Gasteiger partial charge is 0.497 e. The second-order valence-electron chi connectivity index (χ2n) is 4.58. The van der Waals surface area contributed by atoms with Crippen molar-refractivity contribution in [3.63, 3.8) is 0 Å². The molecule has 0 atom stereocenters. The van der Waals surface area contributed by atoms with Gasteiger partial charge in [0.15, 0.2) is 0 Å². The normalized spacial score (nSPS) is 13.5. The second-order valence-corrected chi connectivity index (χ2v) is 4.58. The van der Waals surface area contributed by atoms with E-state index in [1.807, 2.05) is 31.2 Å². The van der Waals surface area contributed by atoms with E-state index in [-0.39, 0.29) is 0 Å². The molecule has 2 N–H and O–H groups in total. The van der Waals surface area contributed by atoms with Crippen LogP contribution >= 0.6 is 0 Å². The summed E-state index contributed by atoms with van der Waals surface area (Å²) in [4.78, 5) is 0. The van der Waals surface area contributed by atoms with E-state index in [2.05, 4.69) is 27.0 Å². The highest BCUT2D eigenvalue weighted by Crippen LogP contribution is 2.12. The molecule has 2 nitrogen and oxygen atoms in total. The minimum Gasteiger partial charge on any atom is -0.497 e. The molecule has 0 fully saturated rings. The van der Waals surface area contributed by atoms with Gasteiger partial charge in [-0.05, 0) is 36.6 Å². The first-order valence-corrected chi connectivity index (χ1v) is 6.37. The van der Waals surface area contributed by atoms with Crippen molar-refractivity contribution in [1.82, 2.24) is 0 Å². The zero-order valence-corrected chi connectivity index (χ0v) is 12.2. The molecule has 0 aromatic carbocycles. The Kier molecular flexibility index (Phi) is 8.98. The summed E-state index contributed by atoms with van der Waals surface area (Å²) in [6, 6.07) is 0. The first kappa shape index (κ1) is 17.0. The van der Waals surface area contributed by atoms with Crippen molar-refractivity contribution < 1.29 is 4.74 Å². The van der Waals surface area contributed by atoms with Crippen LogP contribution in [-0.2, 0) is 4.74 Å². The Morgan fingerprint density at radius 2 is 2.00 bits per heavy atom. The minimum atomic E-state index is 0.413. The summed E-state index contributed by atoms with van der Waals surface area (Å²) in [5.74, 6) is 0.413. The molecule has 0 aliphatic rings. The summed E-state index contributed by atoms with van der Waals surface area (Å²) in [5.41, 5.74) is 8.36. The lowest BCUT2D eigenvalue weighted by molar-refractivity contribution is 0.284. The number of allylic oxidation sites excluding steroid dienone is 7. The Morgan fingerprint density at radius 1 is 1.32 bits per heavy atom. The molecule has 19 heavy (non-hydrogen) atoms. The van der Waals surface area contributed by atoms with E-state index in [4.69, 9.17) is 10.5 Å². The van der Waals surface area contributed by atoms with Gasteiger partial charge in [0, 0.05) is 5.70 Å². The SMILES string of the molecule is C=C/C(N)=C\C=C\CO/C=C(/C=C\C(=C)C)C(C)C. The Hall–Kier alpha value is -1.96. The molecule has 0 bridgehead atoms. The average molecular weight is 259 g/mol. The van der Waals surface area contributed by atoms with E-state index in [0.717, 1.165) is 11.1 Å². The van der Waals surface area contributed by atoms with Gasteiger partial charge < -0.3 is 10.5 Å². The average Bonchev–Trinajstić information content (AvgIpc) is 2.35. The third kappa shape index (κ3) is 9.72. The van der Waals surface area contributed by atoms with Gasteiger partial charge in [0.1, 0.15) is 6.61 Å². The highest BCUT2D eigenvalue weighted by molar-refractivity contribution is 5.25. The molecule has 0 saturated heterocycles. The van der Waals surface area contributed by atoms with Gasteiger partial charge in [0.05, 0.1) is 6.26 Å². The molecule has 2 heteroatoms. The van der Waals surface area contributed by atoms with Crippen LogP contribution in [-0.4, -0.2) is 6.61 Å². The van der Waals surface area contributed by atoms with Crippen LogP contribution in [0, 0.1) is 5.92 Å². The summed E-state index contributed by atoms with van der Waals surface area (Å²) in [6.07, 6.45) is 12.9. The van der Waals surface area contributed by atoms with Crippen LogP contribution in [0.1, 0.15) is 20.8 Å². The Morgan fingerprint density at radius 3 is 2.53 bits per heavy atom. The number of rotatable bonds is 8. The maximum Gasteiger partial charge on any atom is 0.106 e. The van der Waals surface area contributed by atoms with E-state index < -0.39 is 0 Å². The van der Waals surface area contributed by atoms with E-state index in [1.54, 1.807) is 18.4 Å². The fraction of sp³-hybridized carbons (Fsp3) is 0.294. The lowest BCUT2D eigenvalue weighted by Crippen LogP contribution is -1.93. The summed E-state index contributed by atoms with van der Waals surface area (Å²) in [6.45, 7) is 14.1. The van der Waals surface area contributed by atoms with Gasteiger partial charge in [0.25, 0.3) is 0 Å². The predicted molar refractivity (Wildman–Crippen MR) is 84.4 cm³/mol. The van der Waals surface area contributed by atoms with Crippen LogP contribution in [0.15, 0.2) is 72.7 Å². The maximum atomic E-state index is 5.57. The maximum absolute atomic E-state index is 5.57. The lowest BCUT2D eigenvalue weighted by Gasteiger charge is -2.06. The highest BCUT2D eigenvalue weighted by Gasteiger charge is 1.98. The molecule has 0 radical (unpaired) electrons. The molecule has 0 spiro atoms. The van der Waals surface area contributed by atoms with Crippen molar-refractivity contribution >= 4 is 0 Å². The third-order valence-electron chi connectivity index (χ3n) is 2.30. The summed E-state index contributed by atoms with van der Waals surface area (Å²) in [5, 5.41) is 0. The van der Waals surface area contributed by atoms with Crippen LogP contribution < -0.4 is 5.73 Å². The van der Waals surface area contributed by atoms with Crippen LogP contribution in [0.4, 0.5) is 0 Å². The van der Waals surface area contributed by atoms with E-state index in [1.165, 1.54) is 0 Å². The summed E-state index contributed by atoms with van der Waals surface area (Å²) in [7, 11) is 0. The van der Waals surface area contributed by atoms with Gasteiger partial charge in [-0.3, -0.25) is 0 Å². The van der Waals surface area contributed by atoms with Crippen molar-refractivity contribution in [2.75, 3.05) is 6.61 Å². The Balaban J connectivity index is 4.34. The van der Waals surface area contributed by atoms with Gasteiger partial charge in [-0.1, -0.05) is 50.8 Å². The summed E-state index contributed by atoms with van der Waals surface area (Å²) >= 11 is 0. The smallest absolute Gasteiger partial charge is 0.106 e. The molecular formula is C17H25NO. The standard InChI is InChI=1S/C17H25NO/c1-6-17(18)9-7-8-12-19-13-16(15(4)5)11-10-14(2)3/h6-11,13,15H,1-2,12,18H2,3-5H3/b8-7+,11-10-,16-13-,17-9+. The number of hydrogen-bond donors (Lipinski definition) is 1. The van der Waals surface area contributed by atoms with Gasteiger partial charge in [-0.15, -0.1) is 0 Å². The number of ether oxygens (including phenoxy) is 1. The number of nitrogens with two attached hydrogens (primary N) is 1. The zero-order valence-electron chi connectivity index (χ0n) is 12.2. The van der Waals surface area contributed by atoms with Gasteiger partial charge in [-0.2, -0.15) is 0 Å². The first-order valence-electron chi connectivity index (χ1n) is 6.37. The molecule has 0 rings (SSSR count). The van der Waals surface area contributed by atoms with Crippen molar-refractivity contribution in [2.24, 2.45) is 11.7 Å². The molecule has 0 unspecified atom stereocenters. The van der Waals surface area contributed by atoms with Crippen molar-refractivity contribution in [3.8, 4) is 0 Å². The predicted octanol–water partition coefficient (Wildman–Crippen LogP) is 4.26. The van der Waals surface area contributed by atoms with Crippen molar-refractivity contribution in [3.05, 3.63) is 72.7 Å². The molecule has 0 heterocycles. The molecule has 104 valence electrons. The lowest BCUT2D eigenvalue weighted by atomic mass is 10.0. The molecular weight excluding hydrogens is 234 g/mol. The van der Waals surface area contributed by atoms with Crippen molar-refractivity contribution in [1.29, 1.82) is 0 Å². The van der Waals surface area contributed by atoms with Crippen LogP contribution in [0.5, 0.6) is 0 Å². The van der Waals surface area contributed by atoms with E-state index in [0.29, 0.717) is 18.2 Å². The Labute approximate surface area is 117 Å². The molecule has 0 aliphatic carbocycles. The summed E-state index contributed by atoms with van der Waals surface area (Å²) < 4.78 is 5.48. The zero-order chi connectivity index (χ0) is 14.7. The van der Waals surface area contributed by atoms with Crippen LogP contribution in [0.25, 0.3) is 0 Å². The van der Waals surface area contributed by atoms with Gasteiger partial charge in [0.2, 0.25) is 0 Å². The quantitative estimate of drug-likeness (QED) is 0.401. The van der Waals surface area contributed by atoms with E-state index in [9.17, 15) is 0 Å². The second kappa shape index (κ2) is 10.0. The molecule has 0 aromatic heterocycles. The Bertz CT molecular complexity index is 409. The van der Waals surface area contributed by atoms with Gasteiger partial charge in [-0.25, -0.2) is 0 Å². The van der Waals surface area contributed by atoms with E-state index >= 15 is 0 Å². The molecule has 0 amide bonds. The van der Waals surface area contributed by atoms with Crippen LogP contribution in [0.2, 0.25) is 0 Å². The fourth-order valence-electron chi connectivity index (χ4n) is 1.11.